The fourth-order valence-electron chi connectivity index (χ4n) is 3.14. The molecule has 1 N–H and O–H groups in total. The third-order valence-electron chi connectivity index (χ3n) is 4.41. The lowest BCUT2D eigenvalue weighted by molar-refractivity contribution is 0.0939. The van der Waals surface area contributed by atoms with Crippen molar-refractivity contribution < 1.29 is 13.9 Å². The van der Waals surface area contributed by atoms with Gasteiger partial charge in [0, 0.05) is 6.54 Å². The first-order valence-electron chi connectivity index (χ1n) is 8.14. The highest BCUT2D eigenvalue weighted by Crippen LogP contribution is 2.31. The number of methoxy groups -OCH3 is 1. The van der Waals surface area contributed by atoms with Crippen LogP contribution in [0.2, 0.25) is 0 Å². The van der Waals surface area contributed by atoms with Crippen molar-refractivity contribution in [1.82, 2.24) is 10.3 Å². The van der Waals surface area contributed by atoms with E-state index >= 15 is 0 Å². The standard InChI is InChI=1S/C18H22N2O3/c1-22-15-10-6-5-9-14(15)17-16(20-12-23-17)18(21)19-11-13-7-3-2-4-8-13/h5-6,9-10,12-13H,2-4,7-8,11H2,1H3,(H,19,21). The molecule has 0 spiro atoms. The van der Waals surface area contributed by atoms with Crippen LogP contribution in [0.5, 0.6) is 5.75 Å². The van der Waals surface area contributed by atoms with Crippen molar-refractivity contribution in [2.75, 3.05) is 13.7 Å². The van der Waals surface area contributed by atoms with Crippen molar-refractivity contribution in [3.8, 4) is 17.1 Å². The lowest BCUT2D eigenvalue weighted by Crippen LogP contribution is -2.30. The molecule has 5 heteroatoms. The Morgan fingerprint density at radius 2 is 2.09 bits per heavy atom. The van der Waals surface area contributed by atoms with Crippen LogP contribution in [0, 0.1) is 5.92 Å². The van der Waals surface area contributed by atoms with Gasteiger partial charge in [0.15, 0.2) is 17.8 Å². The summed E-state index contributed by atoms with van der Waals surface area (Å²) in [6.45, 7) is 0.705. The topological polar surface area (TPSA) is 64.4 Å². The van der Waals surface area contributed by atoms with E-state index in [2.05, 4.69) is 10.3 Å². The van der Waals surface area contributed by atoms with Crippen LogP contribution in [0.3, 0.4) is 0 Å². The van der Waals surface area contributed by atoms with Gasteiger partial charge in [-0.2, -0.15) is 0 Å². The van der Waals surface area contributed by atoms with Crippen molar-refractivity contribution in [2.45, 2.75) is 32.1 Å². The van der Waals surface area contributed by atoms with E-state index in [9.17, 15) is 4.79 Å². The molecule has 1 fully saturated rings. The Kier molecular flexibility index (Phi) is 4.95. The molecule has 5 nitrogen and oxygen atoms in total. The molecule has 3 rings (SSSR count). The van der Waals surface area contributed by atoms with Crippen LogP contribution >= 0.6 is 0 Å². The number of carbonyl (C=O) groups excluding carboxylic acids is 1. The van der Waals surface area contributed by atoms with Crippen molar-refractivity contribution in [1.29, 1.82) is 0 Å². The molecular formula is C18H22N2O3. The normalized spacial score (nSPS) is 15.3. The smallest absolute Gasteiger partial charge is 0.273 e. The molecule has 1 aliphatic carbocycles. The minimum absolute atomic E-state index is 0.190. The SMILES string of the molecule is COc1ccccc1-c1ocnc1C(=O)NCC1CCCCC1. The van der Waals surface area contributed by atoms with E-state index in [0.29, 0.717) is 29.7 Å². The third kappa shape index (κ3) is 3.55. The number of carbonyl (C=O) groups is 1. The van der Waals surface area contributed by atoms with Gasteiger partial charge in [-0.25, -0.2) is 4.98 Å². The number of hydrogen-bond acceptors (Lipinski definition) is 4. The molecule has 0 atom stereocenters. The van der Waals surface area contributed by atoms with Crippen molar-refractivity contribution in [3.05, 3.63) is 36.4 Å². The molecule has 1 aromatic heterocycles. The largest absolute Gasteiger partial charge is 0.496 e. The van der Waals surface area contributed by atoms with Gasteiger partial charge in [-0.15, -0.1) is 0 Å². The first-order valence-corrected chi connectivity index (χ1v) is 8.14. The maximum absolute atomic E-state index is 12.5. The second kappa shape index (κ2) is 7.31. The molecule has 2 aromatic rings. The number of oxazole rings is 1. The van der Waals surface area contributed by atoms with Gasteiger partial charge in [0.2, 0.25) is 0 Å². The first kappa shape index (κ1) is 15.6. The zero-order chi connectivity index (χ0) is 16.1. The quantitative estimate of drug-likeness (QED) is 0.914. The molecule has 0 radical (unpaired) electrons. The molecule has 1 aliphatic rings. The summed E-state index contributed by atoms with van der Waals surface area (Å²) < 4.78 is 10.8. The Morgan fingerprint density at radius 3 is 2.87 bits per heavy atom. The van der Waals surface area contributed by atoms with E-state index in [-0.39, 0.29) is 5.91 Å². The monoisotopic (exact) mass is 314 g/mol. The highest BCUT2D eigenvalue weighted by atomic mass is 16.5. The van der Waals surface area contributed by atoms with Gasteiger partial charge in [-0.05, 0) is 30.9 Å². The summed E-state index contributed by atoms with van der Waals surface area (Å²) in [6, 6.07) is 7.45. The van der Waals surface area contributed by atoms with Crippen LogP contribution in [0.15, 0.2) is 35.1 Å². The van der Waals surface area contributed by atoms with Gasteiger partial charge in [0.25, 0.3) is 5.91 Å². The third-order valence-corrected chi connectivity index (χ3v) is 4.41. The van der Waals surface area contributed by atoms with E-state index in [1.807, 2.05) is 24.3 Å². The molecule has 0 bridgehead atoms. The minimum atomic E-state index is -0.190. The van der Waals surface area contributed by atoms with Gasteiger partial charge < -0.3 is 14.5 Å². The van der Waals surface area contributed by atoms with Crippen LogP contribution in [-0.4, -0.2) is 24.5 Å². The zero-order valence-corrected chi connectivity index (χ0v) is 13.4. The molecule has 122 valence electrons. The molecule has 0 saturated heterocycles. The Balaban J connectivity index is 1.73. The number of para-hydroxylation sites is 1. The number of aromatic nitrogens is 1. The molecular weight excluding hydrogens is 292 g/mol. The van der Waals surface area contributed by atoms with Crippen LogP contribution in [0.25, 0.3) is 11.3 Å². The number of nitrogens with one attached hydrogen (secondary N) is 1. The molecule has 1 aromatic carbocycles. The number of nitrogens with zero attached hydrogens (tertiary/aromatic N) is 1. The summed E-state index contributed by atoms with van der Waals surface area (Å²) in [5, 5.41) is 3.00. The van der Waals surface area contributed by atoms with Crippen LogP contribution in [0.4, 0.5) is 0 Å². The molecule has 23 heavy (non-hydrogen) atoms. The Morgan fingerprint density at radius 1 is 1.30 bits per heavy atom. The van der Waals surface area contributed by atoms with Gasteiger partial charge in [-0.1, -0.05) is 31.4 Å². The molecule has 0 unspecified atom stereocenters. The summed E-state index contributed by atoms with van der Waals surface area (Å²) in [6.07, 6.45) is 7.52. The average molecular weight is 314 g/mol. The Bertz CT molecular complexity index is 660. The number of hydrogen-bond donors (Lipinski definition) is 1. The molecule has 1 saturated carbocycles. The van der Waals surface area contributed by atoms with Crippen LogP contribution in [0.1, 0.15) is 42.6 Å². The summed E-state index contributed by atoms with van der Waals surface area (Å²) in [7, 11) is 1.60. The fraction of sp³-hybridized carbons (Fsp3) is 0.444. The van der Waals surface area contributed by atoms with Crippen molar-refractivity contribution in [3.63, 3.8) is 0 Å². The van der Waals surface area contributed by atoms with E-state index < -0.39 is 0 Å². The second-order valence-electron chi connectivity index (χ2n) is 5.94. The predicted octanol–water partition coefficient (Wildman–Crippen LogP) is 3.66. The molecule has 0 aliphatic heterocycles. The lowest BCUT2D eigenvalue weighted by atomic mass is 9.89. The highest BCUT2D eigenvalue weighted by Gasteiger charge is 2.22. The van der Waals surface area contributed by atoms with E-state index in [1.165, 1.54) is 38.5 Å². The predicted molar refractivity (Wildman–Crippen MR) is 87.4 cm³/mol. The van der Waals surface area contributed by atoms with Gasteiger partial charge in [0.1, 0.15) is 5.75 Å². The molecule has 1 amide bonds. The number of rotatable bonds is 5. The first-order chi connectivity index (χ1) is 11.3. The fourth-order valence-corrected chi connectivity index (χ4v) is 3.14. The highest BCUT2D eigenvalue weighted by molar-refractivity contribution is 5.98. The Hall–Kier alpha value is -2.30. The summed E-state index contributed by atoms with van der Waals surface area (Å²) in [4.78, 5) is 16.6. The van der Waals surface area contributed by atoms with E-state index in [0.717, 1.165) is 5.56 Å². The van der Waals surface area contributed by atoms with E-state index in [4.69, 9.17) is 9.15 Å². The van der Waals surface area contributed by atoms with Gasteiger partial charge >= 0.3 is 0 Å². The van der Waals surface area contributed by atoms with Crippen molar-refractivity contribution >= 4 is 5.91 Å². The zero-order valence-electron chi connectivity index (χ0n) is 13.4. The molecule has 1 heterocycles. The minimum Gasteiger partial charge on any atom is -0.496 e. The maximum atomic E-state index is 12.5. The number of ether oxygens (including phenoxy) is 1. The lowest BCUT2D eigenvalue weighted by Gasteiger charge is -2.21. The summed E-state index contributed by atoms with van der Waals surface area (Å²) in [5.74, 6) is 1.49. The van der Waals surface area contributed by atoms with E-state index in [1.54, 1.807) is 7.11 Å². The summed E-state index contributed by atoms with van der Waals surface area (Å²) in [5.41, 5.74) is 1.04. The number of benzene rings is 1. The van der Waals surface area contributed by atoms with Crippen molar-refractivity contribution in [2.24, 2.45) is 5.92 Å². The Labute approximate surface area is 136 Å². The van der Waals surface area contributed by atoms with Crippen LogP contribution < -0.4 is 10.1 Å². The average Bonchev–Trinajstić information content (AvgIpc) is 3.10. The maximum Gasteiger partial charge on any atom is 0.273 e. The van der Waals surface area contributed by atoms with Crippen LogP contribution in [-0.2, 0) is 0 Å². The number of amides is 1. The van der Waals surface area contributed by atoms with Gasteiger partial charge in [-0.3, -0.25) is 4.79 Å². The van der Waals surface area contributed by atoms with Gasteiger partial charge in [0.05, 0.1) is 12.7 Å². The summed E-state index contributed by atoms with van der Waals surface area (Å²) >= 11 is 0. The second-order valence-corrected chi connectivity index (χ2v) is 5.94.